The zero-order chi connectivity index (χ0) is 21.1. The number of piperazine rings is 1. The van der Waals surface area contributed by atoms with E-state index in [1.807, 2.05) is 18.2 Å². The van der Waals surface area contributed by atoms with Crippen molar-refractivity contribution in [3.05, 3.63) is 74.2 Å². The van der Waals surface area contributed by atoms with Crippen LogP contribution >= 0.6 is 22.9 Å². The summed E-state index contributed by atoms with van der Waals surface area (Å²) in [7, 11) is 0. The molecule has 9 heteroatoms. The maximum Gasteiger partial charge on any atom is 0.288 e. The van der Waals surface area contributed by atoms with Gasteiger partial charge in [0.25, 0.3) is 5.69 Å². The standard InChI is InChI=1S/C21H19ClN4O3S/c22-16-7-5-15(13-18(16)26(28)29)6-8-21(27)25-11-9-24(10-12-25)14-20-23-17-3-1-2-4-19(17)30-20/h1-8,13H,9-12,14H2/b8-6+. The number of hydrogen-bond donors (Lipinski definition) is 0. The van der Waals surface area contributed by atoms with Gasteiger partial charge in [-0.25, -0.2) is 4.98 Å². The summed E-state index contributed by atoms with van der Waals surface area (Å²) >= 11 is 7.53. The normalized spacial score (nSPS) is 15.2. The van der Waals surface area contributed by atoms with Crippen molar-refractivity contribution in [3.63, 3.8) is 0 Å². The zero-order valence-electron chi connectivity index (χ0n) is 16.0. The second kappa shape index (κ2) is 8.91. The van der Waals surface area contributed by atoms with Crippen molar-refractivity contribution in [1.82, 2.24) is 14.8 Å². The van der Waals surface area contributed by atoms with Gasteiger partial charge in [0.15, 0.2) is 0 Å². The number of amides is 1. The summed E-state index contributed by atoms with van der Waals surface area (Å²) in [6, 6.07) is 12.6. The first kappa shape index (κ1) is 20.5. The maximum absolute atomic E-state index is 12.5. The highest BCUT2D eigenvalue weighted by atomic mass is 35.5. The van der Waals surface area contributed by atoms with Crippen LogP contribution < -0.4 is 0 Å². The first-order valence-electron chi connectivity index (χ1n) is 9.47. The number of nitrogens with zero attached hydrogens (tertiary/aromatic N) is 4. The third-order valence-corrected chi connectivity index (χ3v) is 6.31. The number of nitro benzene ring substituents is 1. The molecule has 2 heterocycles. The Morgan fingerprint density at radius 1 is 1.20 bits per heavy atom. The minimum absolute atomic E-state index is 0.0766. The van der Waals surface area contributed by atoms with Gasteiger partial charge in [-0.1, -0.05) is 29.8 Å². The van der Waals surface area contributed by atoms with Crippen LogP contribution in [0.1, 0.15) is 10.6 Å². The number of thiazole rings is 1. The van der Waals surface area contributed by atoms with Crippen LogP contribution in [0.5, 0.6) is 0 Å². The monoisotopic (exact) mass is 442 g/mol. The maximum atomic E-state index is 12.5. The third kappa shape index (κ3) is 4.67. The molecule has 3 aromatic rings. The first-order valence-corrected chi connectivity index (χ1v) is 10.7. The molecule has 30 heavy (non-hydrogen) atoms. The first-order chi connectivity index (χ1) is 14.5. The minimum atomic E-state index is -0.536. The van der Waals surface area contributed by atoms with Crippen LogP contribution in [0.4, 0.5) is 5.69 Å². The molecule has 0 saturated carbocycles. The van der Waals surface area contributed by atoms with Crippen LogP contribution in [0.25, 0.3) is 16.3 Å². The fraction of sp³-hybridized carbons (Fsp3) is 0.238. The van der Waals surface area contributed by atoms with E-state index in [0.717, 1.165) is 30.2 Å². The van der Waals surface area contributed by atoms with Crippen molar-refractivity contribution in [1.29, 1.82) is 0 Å². The van der Waals surface area contributed by atoms with Crippen molar-refractivity contribution in [2.24, 2.45) is 0 Å². The van der Waals surface area contributed by atoms with Crippen molar-refractivity contribution in [2.75, 3.05) is 26.2 Å². The van der Waals surface area contributed by atoms with E-state index >= 15 is 0 Å². The quantitative estimate of drug-likeness (QED) is 0.336. The van der Waals surface area contributed by atoms with E-state index in [2.05, 4.69) is 16.0 Å². The summed E-state index contributed by atoms with van der Waals surface area (Å²) < 4.78 is 1.19. The van der Waals surface area contributed by atoms with E-state index in [1.54, 1.807) is 28.4 Å². The van der Waals surface area contributed by atoms with Crippen LogP contribution in [0.2, 0.25) is 5.02 Å². The number of fused-ring (bicyclic) bond motifs is 1. The lowest BCUT2D eigenvalue weighted by atomic mass is 10.2. The van der Waals surface area contributed by atoms with Crippen LogP contribution in [-0.2, 0) is 11.3 Å². The van der Waals surface area contributed by atoms with Crippen LogP contribution in [-0.4, -0.2) is 51.8 Å². The smallest absolute Gasteiger partial charge is 0.288 e. The average Bonchev–Trinajstić information content (AvgIpc) is 3.15. The predicted molar refractivity (Wildman–Crippen MR) is 119 cm³/mol. The highest BCUT2D eigenvalue weighted by Crippen LogP contribution is 2.26. The second-order valence-electron chi connectivity index (χ2n) is 6.98. The van der Waals surface area contributed by atoms with E-state index < -0.39 is 4.92 Å². The Labute approximate surface area is 182 Å². The highest BCUT2D eigenvalue weighted by Gasteiger charge is 2.20. The number of carbonyl (C=O) groups excluding carboxylic acids is 1. The molecule has 1 amide bonds. The SMILES string of the molecule is O=C(/C=C/c1ccc(Cl)c([N+](=O)[O-])c1)N1CCN(Cc2nc3ccccc3s2)CC1. The van der Waals surface area contributed by atoms with Crippen LogP contribution in [0.3, 0.4) is 0 Å². The van der Waals surface area contributed by atoms with Gasteiger partial charge in [0.2, 0.25) is 5.91 Å². The molecule has 0 spiro atoms. The van der Waals surface area contributed by atoms with Crippen molar-refractivity contribution >= 4 is 50.8 Å². The molecule has 7 nitrogen and oxygen atoms in total. The molecule has 0 atom stereocenters. The van der Waals surface area contributed by atoms with Gasteiger partial charge in [0.1, 0.15) is 10.0 Å². The molecule has 1 aliphatic rings. The summed E-state index contributed by atoms with van der Waals surface area (Å²) in [4.78, 5) is 31.7. The summed E-state index contributed by atoms with van der Waals surface area (Å²) in [6.45, 7) is 3.61. The number of nitro groups is 1. The molecule has 154 valence electrons. The summed E-state index contributed by atoms with van der Waals surface area (Å²) in [5.74, 6) is -0.104. The molecule has 4 rings (SSSR count). The molecule has 1 aliphatic heterocycles. The molecule has 2 aromatic carbocycles. The number of carbonyl (C=O) groups is 1. The molecule has 0 unspecified atom stereocenters. The Balaban J connectivity index is 1.32. The lowest BCUT2D eigenvalue weighted by molar-refractivity contribution is -0.384. The largest absolute Gasteiger partial charge is 0.337 e. The average molecular weight is 443 g/mol. The fourth-order valence-corrected chi connectivity index (χ4v) is 4.55. The van der Waals surface area contributed by atoms with Gasteiger partial charge in [-0.15, -0.1) is 11.3 Å². The third-order valence-electron chi connectivity index (χ3n) is 4.97. The fourth-order valence-electron chi connectivity index (χ4n) is 3.35. The Kier molecular flexibility index (Phi) is 6.08. The Morgan fingerprint density at radius 3 is 2.70 bits per heavy atom. The van der Waals surface area contributed by atoms with E-state index in [9.17, 15) is 14.9 Å². The number of halogens is 1. The van der Waals surface area contributed by atoms with Gasteiger partial charge in [-0.05, 0) is 29.8 Å². The van der Waals surface area contributed by atoms with Gasteiger partial charge in [0.05, 0.1) is 21.7 Å². The van der Waals surface area contributed by atoms with E-state index in [4.69, 9.17) is 11.6 Å². The lowest BCUT2D eigenvalue weighted by Crippen LogP contribution is -2.47. The van der Waals surface area contributed by atoms with Crippen molar-refractivity contribution in [3.8, 4) is 0 Å². The van der Waals surface area contributed by atoms with Crippen LogP contribution in [0.15, 0.2) is 48.5 Å². The van der Waals surface area contributed by atoms with Gasteiger partial charge >= 0.3 is 0 Å². The number of benzene rings is 2. The van der Waals surface area contributed by atoms with Crippen LogP contribution in [0, 0.1) is 10.1 Å². The Bertz CT molecular complexity index is 1090. The lowest BCUT2D eigenvalue weighted by Gasteiger charge is -2.33. The van der Waals surface area contributed by atoms with Crippen molar-refractivity contribution in [2.45, 2.75) is 6.54 Å². The molecule has 1 aromatic heterocycles. The predicted octanol–water partition coefficient (Wildman–Crippen LogP) is 4.22. The molecule has 0 aliphatic carbocycles. The van der Waals surface area contributed by atoms with E-state index in [0.29, 0.717) is 18.7 Å². The Hall–Kier alpha value is -2.81. The molecule has 0 radical (unpaired) electrons. The molecular weight excluding hydrogens is 424 g/mol. The zero-order valence-corrected chi connectivity index (χ0v) is 17.6. The highest BCUT2D eigenvalue weighted by molar-refractivity contribution is 7.18. The molecule has 1 saturated heterocycles. The van der Waals surface area contributed by atoms with Gasteiger partial charge < -0.3 is 4.90 Å². The number of hydrogen-bond acceptors (Lipinski definition) is 6. The summed E-state index contributed by atoms with van der Waals surface area (Å²) in [5, 5.41) is 12.1. The number of aromatic nitrogens is 1. The molecule has 1 fully saturated rings. The molecule has 0 bridgehead atoms. The molecular formula is C21H19ClN4O3S. The molecule has 0 N–H and O–H groups in total. The van der Waals surface area contributed by atoms with Gasteiger partial charge in [-0.3, -0.25) is 19.8 Å². The Morgan fingerprint density at radius 2 is 1.97 bits per heavy atom. The number of para-hydroxylation sites is 1. The van der Waals surface area contributed by atoms with E-state index in [1.165, 1.54) is 22.9 Å². The minimum Gasteiger partial charge on any atom is -0.337 e. The van der Waals surface area contributed by atoms with E-state index in [-0.39, 0.29) is 16.6 Å². The van der Waals surface area contributed by atoms with Gasteiger partial charge in [0, 0.05) is 38.3 Å². The summed E-state index contributed by atoms with van der Waals surface area (Å²) in [6.07, 6.45) is 3.04. The topological polar surface area (TPSA) is 79.6 Å². The van der Waals surface area contributed by atoms with Gasteiger partial charge in [-0.2, -0.15) is 0 Å². The second-order valence-corrected chi connectivity index (χ2v) is 8.50. The number of rotatable bonds is 5. The summed E-state index contributed by atoms with van der Waals surface area (Å²) in [5.41, 5.74) is 1.42. The van der Waals surface area contributed by atoms with Crippen molar-refractivity contribution < 1.29 is 9.72 Å².